The number of fused-ring (bicyclic) bond motifs is 8. The summed E-state index contributed by atoms with van der Waals surface area (Å²) in [5, 5.41) is 10.2. The Morgan fingerprint density at radius 1 is 0.308 bits per heavy atom. The van der Waals surface area contributed by atoms with Crippen molar-refractivity contribution in [3.05, 3.63) is 188 Å². The lowest BCUT2D eigenvalue weighted by molar-refractivity contribution is 1.18. The standard InChI is InChI=1S/C49H31N3/c1-2-13-33(14-3-1)46-30-47(41-21-9-4-16-36(41)35-15-12-28-50-31-35)52-49(51-46)34-26-24-32(25-27-34)44-29-45-39-19-6-5-17-37(39)38-18-7-10-22-42(38)48(45)43-23-11-8-20-40(43)44/h1-31H. The number of aromatic nitrogens is 3. The Morgan fingerprint density at radius 2 is 0.846 bits per heavy atom. The zero-order chi connectivity index (χ0) is 34.4. The summed E-state index contributed by atoms with van der Waals surface area (Å²) in [5.41, 5.74) is 9.28. The molecule has 0 N–H and O–H groups in total. The van der Waals surface area contributed by atoms with Crippen LogP contribution in [-0.2, 0) is 0 Å². The van der Waals surface area contributed by atoms with Gasteiger partial charge in [0.15, 0.2) is 5.82 Å². The number of rotatable bonds is 5. The molecule has 0 saturated carbocycles. The van der Waals surface area contributed by atoms with Crippen LogP contribution < -0.4 is 0 Å². The van der Waals surface area contributed by atoms with E-state index in [1.807, 2.05) is 18.3 Å². The smallest absolute Gasteiger partial charge is 0.160 e. The van der Waals surface area contributed by atoms with Crippen LogP contribution in [0.5, 0.6) is 0 Å². The van der Waals surface area contributed by atoms with E-state index in [9.17, 15) is 0 Å². The Bertz CT molecular complexity index is 2930. The molecule has 3 nitrogen and oxygen atoms in total. The number of hydrogen-bond donors (Lipinski definition) is 0. The minimum atomic E-state index is 0.685. The molecule has 0 radical (unpaired) electrons. The molecule has 52 heavy (non-hydrogen) atoms. The van der Waals surface area contributed by atoms with Crippen molar-refractivity contribution in [2.75, 3.05) is 0 Å². The molecular formula is C49H31N3. The molecule has 0 aliphatic heterocycles. The van der Waals surface area contributed by atoms with E-state index in [1.54, 1.807) is 6.20 Å². The average Bonchev–Trinajstić information content (AvgIpc) is 3.24. The van der Waals surface area contributed by atoms with E-state index in [0.717, 1.165) is 44.8 Å². The molecule has 0 aliphatic carbocycles. The molecule has 0 fully saturated rings. The largest absolute Gasteiger partial charge is 0.264 e. The zero-order valence-electron chi connectivity index (χ0n) is 28.2. The van der Waals surface area contributed by atoms with Crippen molar-refractivity contribution in [3.63, 3.8) is 0 Å². The van der Waals surface area contributed by atoms with Crippen molar-refractivity contribution in [2.45, 2.75) is 0 Å². The second kappa shape index (κ2) is 12.4. The molecular weight excluding hydrogens is 631 g/mol. The molecule has 3 heteroatoms. The quantitative estimate of drug-likeness (QED) is 0.172. The molecule has 0 amide bonds. The van der Waals surface area contributed by atoms with Gasteiger partial charge < -0.3 is 0 Å². The summed E-state index contributed by atoms with van der Waals surface area (Å²) in [6.07, 6.45) is 3.70. The summed E-state index contributed by atoms with van der Waals surface area (Å²) in [6, 6.07) is 62.4. The van der Waals surface area contributed by atoms with E-state index >= 15 is 0 Å². The van der Waals surface area contributed by atoms with Gasteiger partial charge in [0.25, 0.3) is 0 Å². The molecule has 8 aromatic carbocycles. The SMILES string of the molecule is c1ccc(-c2cc(-c3ccccc3-c3cccnc3)nc(-c3ccc(-c4cc5c6ccccc6c6ccccc6c5c5ccccc45)cc3)n2)cc1. The van der Waals surface area contributed by atoms with Crippen molar-refractivity contribution in [3.8, 4) is 56.2 Å². The molecule has 0 unspecified atom stereocenters. The van der Waals surface area contributed by atoms with Gasteiger partial charge in [-0.1, -0.05) is 158 Å². The fraction of sp³-hybridized carbons (Fsp3) is 0. The van der Waals surface area contributed by atoms with Gasteiger partial charge in [-0.15, -0.1) is 0 Å². The highest BCUT2D eigenvalue weighted by atomic mass is 14.9. The molecule has 10 aromatic rings. The van der Waals surface area contributed by atoms with E-state index in [2.05, 4.69) is 169 Å². The van der Waals surface area contributed by atoms with E-state index in [1.165, 1.54) is 48.7 Å². The van der Waals surface area contributed by atoms with Gasteiger partial charge in [-0.25, -0.2) is 9.97 Å². The summed E-state index contributed by atoms with van der Waals surface area (Å²) in [7, 11) is 0. The summed E-state index contributed by atoms with van der Waals surface area (Å²) in [5.74, 6) is 0.685. The van der Waals surface area contributed by atoms with Crippen LogP contribution in [0.1, 0.15) is 0 Å². The number of hydrogen-bond acceptors (Lipinski definition) is 3. The lowest BCUT2D eigenvalue weighted by Gasteiger charge is -2.16. The van der Waals surface area contributed by atoms with Gasteiger partial charge >= 0.3 is 0 Å². The van der Waals surface area contributed by atoms with Gasteiger partial charge in [0.05, 0.1) is 11.4 Å². The van der Waals surface area contributed by atoms with Gasteiger partial charge in [0, 0.05) is 34.6 Å². The maximum absolute atomic E-state index is 5.21. The predicted molar refractivity (Wildman–Crippen MR) is 217 cm³/mol. The lowest BCUT2D eigenvalue weighted by Crippen LogP contribution is -1.97. The molecule has 2 aromatic heterocycles. The first-order valence-corrected chi connectivity index (χ1v) is 17.6. The highest BCUT2D eigenvalue weighted by molar-refractivity contribution is 6.33. The maximum Gasteiger partial charge on any atom is 0.160 e. The van der Waals surface area contributed by atoms with Gasteiger partial charge in [-0.3, -0.25) is 4.98 Å². The zero-order valence-corrected chi connectivity index (χ0v) is 28.2. The van der Waals surface area contributed by atoms with Crippen LogP contribution >= 0.6 is 0 Å². The van der Waals surface area contributed by atoms with Gasteiger partial charge in [0.1, 0.15) is 0 Å². The first-order valence-electron chi connectivity index (χ1n) is 17.6. The summed E-state index contributed by atoms with van der Waals surface area (Å²) in [6.45, 7) is 0. The Hall–Kier alpha value is -6.97. The van der Waals surface area contributed by atoms with Crippen LogP contribution in [0.25, 0.3) is 99.2 Å². The van der Waals surface area contributed by atoms with Crippen LogP contribution in [-0.4, -0.2) is 15.0 Å². The van der Waals surface area contributed by atoms with Crippen molar-refractivity contribution in [1.82, 2.24) is 15.0 Å². The number of nitrogens with zero attached hydrogens (tertiary/aromatic N) is 3. The first-order chi connectivity index (χ1) is 25.8. The minimum absolute atomic E-state index is 0.685. The molecule has 0 bridgehead atoms. The predicted octanol–water partition coefficient (Wildman–Crippen LogP) is 12.8. The fourth-order valence-corrected chi connectivity index (χ4v) is 7.76. The Kier molecular flexibility index (Phi) is 7.14. The third kappa shape index (κ3) is 5.02. The lowest BCUT2D eigenvalue weighted by atomic mass is 9.87. The first kappa shape index (κ1) is 29.9. The summed E-state index contributed by atoms with van der Waals surface area (Å²) in [4.78, 5) is 14.7. The average molecular weight is 662 g/mol. The molecule has 0 saturated heterocycles. The molecule has 0 aliphatic rings. The molecule has 242 valence electrons. The molecule has 2 heterocycles. The van der Waals surface area contributed by atoms with Crippen LogP contribution in [0.4, 0.5) is 0 Å². The van der Waals surface area contributed by atoms with Crippen LogP contribution in [0, 0.1) is 0 Å². The monoisotopic (exact) mass is 661 g/mol. The topological polar surface area (TPSA) is 38.7 Å². The van der Waals surface area contributed by atoms with Crippen molar-refractivity contribution in [2.24, 2.45) is 0 Å². The van der Waals surface area contributed by atoms with Crippen LogP contribution in [0.3, 0.4) is 0 Å². The molecule has 0 spiro atoms. The van der Waals surface area contributed by atoms with Crippen molar-refractivity contribution >= 4 is 43.1 Å². The van der Waals surface area contributed by atoms with E-state index in [0.29, 0.717) is 5.82 Å². The van der Waals surface area contributed by atoms with E-state index in [4.69, 9.17) is 9.97 Å². The highest BCUT2D eigenvalue weighted by Crippen LogP contribution is 2.43. The van der Waals surface area contributed by atoms with Crippen LogP contribution in [0.15, 0.2) is 188 Å². The van der Waals surface area contributed by atoms with Gasteiger partial charge in [0.2, 0.25) is 0 Å². The fourth-order valence-electron chi connectivity index (χ4n) is 7.76. The Morgan fingerprint density at radius 3 is 1.56 bits per heavy atom. The van der Waals surface area contributed by atoms with E-state index in [-0.39, 0.29) is 0 Å². The Labute approximate surface area is 301 Å². The second-order valence-electron chi connectivity index (χ2n) is 13.2. The summed E-state index contributed by atoms with van der Waals surface area (Å²) < 4.78 is 0. The van der Waals surface area contributed by atoms with E-state index < -0.39 is 0 Å². The highest BCUT2D eigenvalue weighted by Gasteiger charge is 2.17. The maximum atomic E-state index is 5.21. The van der Waals surface area contributed by atoms with Gasteiger partial charge in [-0.2, -0.15) is 0 Å². The minimum Gasteiger partial charge on any atom is -0.264 e. The third-order valence-electron chi connectivity index (χ3n) is 10.2. The second-order valence-corrected chi connectivity index (χ2v) is 13.2. The normalized spacial score (nSPS) is 11.5. The van der Waals surface area contributed by atoms with Crippen molar-refractivity contribution in [1.29, 1.82) is 0 Å². The van der Waals surface area contributed by atoms with Crippen molar-refractivity contribution < 1.29 is 0 Å². The van der Waals surface area contributed by atoms with Crippen LogP contribution in [0.2, 0.25) is 0 Å². The number of benzene rings is 8. The molecule has 0 atom stereocenters. The summed E-state index contributed by atoms with van der Waals surface area (Å²) >= 11 is 0. The Balaban J connectivity index is 1.15. The third-order valence-corrected chi connectivity index (χ3v) is 10.2. The molecule has 10 rings (SSSR count). The van der Waals surface area contributed by atoms with Gasteiger partial charge in [-0.05, 0) is 78.0 Å². The number of pyridine rings is 1.